The van der Waals surface area contributed by atoms with Gasteiger partial charge in [-0.3, -0.25) is 19.7 Å². The molecule has 24 heavy (non-hydrogen) atoms. The number of nitrogens with zero attached hydrogens (tertiary/aromatic N) is 3. The van der Waals surface area contributed by atoms with E-state index in [1.807, 2.05) is 44.1 Å². The first-order valence-electron chi connectivity index (χ1n) is 7.66. The minimum Gasteiger partial charge on any atom is -0.454 e. The second-order valence-electron chi connectivity index (χ2n) is 5.85. The van der Waals surface area contributed by atoms with Crippen LogP contribution in [0.1, 0.15) is 23.0 Å². The fourth-order valence-corrected chi connectivity index (χ4v) is 2.55. The Morgan fingerprint density at radius 2 is 2.04 bits per heavy atom. The van der Waals surface area contributed by atoms with E-state index in [0.717, 1.165) is 17.0 Å². The molecular formula is C17H20N4O3. The number of aryl methyl sites for hydroxylation is 1. The second kappa shape index (κ2) is 6.84. The Morgan fingerprint density at radius 3 is 2.75 bits per heavy atom. The van der Waals surface area contributed by atoms with Crippen molar-refractivity contribution >= 4 is 5.91 Å². The summed E-state index contributed by atoms with van der Waals surface area (Å²) in [7, 11) is 3.72. The van der Waals surface area contributed by atoms with Crippen LogP contribution in [0.5, 0.6) is 11.5 Å². The Bertz CT molecular complexity index is 731. The van der Waals surface area contributed by atoms with Gasteiger partial charge in [0.25, 0.3) is 0 Å². The minimum atomic E-state index is -0.432. The van der Waals surface area contributed by atoms with Gasteiger partial charge >= 0.3 is 0 Å². The normalized spacial score (nSPS) is 13.8. The molecule has 0 radical (unpaired) electrons. The maximum Gasteiger partial charge on any atom is 0.242 e. The van der Waals surface area contributed by atoms with Crippen LogP contribution in [0.25, 0.3) is 0 Å². The highest BCUT2D eigenvalue weighted by atomic mass is 16.7. The summed E-state index contributed by atoms with van der Waals surface area (Å²) in [6.45, 7) is 2.42. The number of benzene rings is 1. The summed E-state index contributed by atoms with van der Waals surface area (Å²) in [4.78, 5) is 22.9. The third-order valence-corrected chi connectivity index (χ3v) is 3.76. The molecule has 0 aliphatic carbocycles. The van der Waals surface area contributed by atoms with Crippen LogP contribution in [0.3, 0.4) is 0 Å². The summed E-state index contributed by atoms with van der Waals surface area (Å²) in [6.07, 6.45) is 3.35. The van der Waals surface area contributed by atoms with E-state index in [-0.39, 0.29) is 12.7 Å². The molecule has 2 aromatic rings. The molecule has 0 fully saturated rings. The van der Waals surface area contributed by atoms with E-state index in [1.165, 1.54) is 0 Å². The van der Waals surface area contributed by atoms with Gasteiger partial charge in [-0.1, -0.05) is 6.07 Å². The predicted molar refractivity (Wildman–Crippen MR) is 87.6 cm³/mol. The first-order valence-corrected chi connectivity index (χ1v) is 7.66. The minimum absolute atomic E-state index is 0.110. The first kappa shape index (κ1) is 16.2. The van der Waals surface area contributed by atoms with Gasteiger partial charge in [-0.25, -0.2) is 0 Å². The molecule has 1 aliphatic rings. The third kappa shape index (κ3) is 3.46. The number of hydrogen-bond acceptors (Lipinski definition) is 6. The van der Waals surface area contributed by atoms with Gasteiger partial charge in [0.15, 0.2) is 11.5 Å². The van der Waals surface area contributed by atoms with E-state index < -0.39 is 6.04 Å². The van der Waals surface area contributed by atoms with E-state index in [2.05, 4.69) is 15.3 Å². The van der Waals surface area contributed by atoms with Gasteiger partial charge in [-0.15, -0.1) is 0 Å². The van der Waals surface area contributed by atoms with Gasteiger partial charge < -0.3 is 14.8 Å². The third-order valence-electron chi connectivity index (χ3n) is 3.76. The number of ether oxygens (including phenoxy) is 2. The van der Waals surface area contributed by atoms with Crippen LogP contribution in [-0.4, -0.2) is 41.7 Å². The van der Waals surface area contributed by atoms with Crippen LogP contribution in [-0.2, 0) is 11.3 Å². The number of carbonyl (C=O) groups is 1. The molecule has 1 amide bonds. The number of nitrogens with one attached hydrogen (secondary N) is 1. The number of rotatable bonds is 5. The Hall–Kier alpha value is -2.67. The second-order valence-corrected chi connectivity index (χ2v) is 5.85. The molecule has 0 spiro atoms. The SMILES string of the molecule is Cc1cnc(CNC(=O)[C@H](c2ccc3c(c2)OCO3)N(C)C)cn1. The zero-order valence-electron chi connectivity index (χ0n) is 13.9. The number of carbonyl (C=O) groups excluding carboxylic acids is 1. The average Bonchev–Trinajstić information content (AvgIpc) is 3.02. The quantitative estimate of drug-likeness (QED) is 0.895. The highest BCUT2D eigenvalue weighted by Crippen LogP contribution is 2.35. The largest absolute Gasteiger partial charge is 0.454 e. The summed E-state index contributed by atoms with van der Waals surface area (Å²) in [6, 6.07) is 5.12. The summed E-state index contributed by atoms with van der Waals surface area (Å²) >= 11 is 0. The fraction of sp³-hybridized carbons (Fsp3) is 0.353. The van der Waals surface area contributed by atoms with Crippen molar-refractivity contribution in [2.24, 2.45) is 0 Å². The van der Waals surface area contributed by atoms with Crippen LogP contribution >= 0.6 is 0 Å². The zero-order chi connectivity index (χ0) is 17.1. The molecule has 0 saturated carbocycles. The molecule has 0 saturated heterocycles. The number of hydrogen-bond donors (Lipinski definition) is 1. The molecule has 1 N–H and O–H groups in total. The van der Waals surface area contributed by atoms with Gasteiger partial charge in [-0.05, 0) is 38.7 Å². The summed E-state index contributed by atoms with van der Waals surface area (Å²) in [5.74, 6) is 1.25. The molecule has 2 heterocycles. The monoisotopic (exact) mass is 328 g/mol. The Kier molecular flexibility index (Phi) is 4.61. The maximum absolute atomic E-state index is 12.7. The molecule has 126 valence electrons. The van der Waals surface area contributed by atoms with Crippen LogP contribution in [0.2, 0.25) is 0 Å². The Labute approximate surface area is 140 Å². The van der Waals surface area contributed by atoms with Gasteiger partial charge in [0, 0.05) is 6.20 Å². The zero-order valence-corrected chi connectivity index (χ0v) is 13.9. The topological polar surface area (TPSA) is 76.6 Å². The number of likely N-dealkylation sites (N-methyl/N-ethyl adjacent to an activating group) is 1. The van der Waals surface area contributed by atoms with E-state index in [4.69, 9.17) is 9.47 Å². The lowest BCUT2D eigenvalue weighted by molar-refractivity contribution is -0.126. The van der Waals surface area contributed by atoms with Crippen molar-refractivity contribution in [3.8, 4) is 11.5 Å². The number of fused-ring (bicyclic) bond motifs is 1. The van der Waals surface area contributed by atoms with Gasteiger partial charge in [-0.2, -0.15) is 0 Å². The van der Waals surface area contributed by atoms with Gasteiger partial charge in [0.1, 0.15) is 6.04 Å². The highest BCUT2D eigenvalue weighted by molar-refractivity contribution is 5.83. The average molecular weight is 328 g/mol. The van der Waals surface area contributed by atoms with Crippen molar-refractivity contribution in [3.63, 3.8) is 0 Å². The molecule has 1 aromatic carbocycles. The van der Waals surface area contributed by atoms with Crippen molar-refractivity contribution in [2.45, 2.75) is 19.5 Å². The lowest BCUT2D eigenvalue weighted by Gasteiger charge is -2.24. The van der Waals surface area contributed by atoms with Gasteiger partial charge in [0.2, 0.25) is 12.7 Å². The van der Waals surface area contributed by atoms with Crippen molar-refractivity contribution in [3.05, 3.63) is 47.5 Å². The molecule has 1 atom stereocenters. The summed E-state index contributed by atoms with van der Waals surface area (Å²) in [5, 5.41) is 2.91. The summed E-state index contributed by atoms with van der Waals surface area (Å²) < 4.78 is 10.7. The lowest BCUT2D eigenvalue weighted by atomic mass is 10.0. The van der Waals surface area contributed by atoms with Crippen molar-refractivity contribution in [1.29, 1.82) is 0 Å². The van der Waals surface area contributed by atoms with Crippen LogP contribution in [0.15, 0.2) is 30.6 Å². The highest BCUT2D eigenvalue weighted by Gasteiger charge is 2.25. The molecular weight excluding hydrogens is 308 g/mol. The lowest BCUT2D eigenvalue weighted by Crippen LogP contribution is -2.36. The van der Waals surface area contributed by atoms with Crippen molar-refractivity contribution < 1.29 is 14.3 Å². The Morgan fingerprint density at radius 1 is 1.25 bits per heavy atom. The maximum atomic E-state index is 12.7. The van der Waals surface area contributed by atoms with Crippen molar-refractivity contribution in [2.75, 3.05) is 20.9 Å². The van der Waals surface area contributed by atoms with Crippen molar-refractivity contribution in [1.82, 2.24) is 20.2 Å². The van der Waals surface area contributed by atoms with Crippen LogP contribution < -0.4 is 14.8 Å². The number of aromatic nitrogens is 2. The molecule has 0 bridgehead atoms. The van der Waals surface area contributed by atoms with Crippen LogP contribution in [0.4, 0.5) is 0 Å². The van der Waals surface area contributed by atoms with E-state index in [1.54, 1.807) is 12.4 Å². The molecule has 3 rings (SSSR count). The first-order chi connectivity index (χ1) is 11.5. The molecule has 1 aliphatic heterocycles. The Balaban J connectivity index is 1.73. The molecule has 7 nitrogen and oxygen atoms in total. The molecule has 0 unspecified atom stereocenters. The molecule has 7 heteroatoms. The standard InChI is InChI=1S/C17H20N4O3/c1-11-7-19-13(8-18-11)9-20-17(22)16(21(2)3)12-4-5-14-15(6-12)24-10-23-14/h4-8,16H,9-10H2,1-3H3,(H,20,22)/t16-/m0/s1. The molecule has 1 aromatic heterocycles. The fourth-order valence-electron chi connectivity index (χ4n) is 2.55. The number of amides is 1. The smallest absolute Gasteiger partial charge is 0.242 e. The summed E-state index contributed by atoms with van der Waals surface area (Å²) in [5.41, 5.74) is 2.41. The van der Waals surface area contributed by atoms with E-state index >= 15 is 0 Å². The van der Waals surface area contributed by atoms with E-state index in [9.17, 15) is 4.79 Å². The van der Waals surface area contributed by atoms with Gasteiger partial charge in [0.05, 0.1) is 24.1 Å². The van der Waals surface area contributed by atoms with E-state index in [0.29, 0.717) is 18.0 Å². The van der Waals surface area contributed by atoms with Crippen LogP contribution in [0, 0.1) is 6.92 Å². The predicted octanol–water partition coefficient (Wildman–Crippen LogP) is 1.43.